The van der Waals surface area contributed by atoms with Gasteiger partial charge in [-0.2, -0.15) is 0 Å². The predicted octanol–water partition coefficient (Wildman–Crippen LogP) is 3.41. The molecule has 0 saturated carbocycles. The van der Waals surface area contributed by atoms with E-state index in [1.165, 1.54) is 7.11 Å². The van der Waals surface area contributed by atoms with E-state index in [0.29, 0.717) is 23.7 Å². The number of rotatable bonds is 8. The normalized spacial score (nSPS) is 10.1. The van der Waals surface area contributed by atoms with Crippen LogP contribution in [0.2, 0.25) is 0 Å². The van der Waals surface area contributed by atoms with Gasteiger partial charge in [-0.15, -0.1) is 0 Å². The maximum Gasteiger partial charge on any atom is 0.313 e. The third kappa shape index (κ3) is 4.84. The van der Waals surface area contributed by atoms with Gasteiger partial charge in [-0.25, -0.2) is 0 Å². The highest BCUT2D eigenvalue weighted by molar-refractivity contribution is 6.06. The average Bonchev–Trinajstić information content (AvgIpc) is 2.60. The highest BCUT2D eigenvalue weighted by atomic mass is 16.5. The summed E-state index contributed by atoms with van der Waals surface area (Å²) < 4.78 is 15.8. The van der Waals surface area contributed by atoms with Crippen LogP contribution >= 0.6 is 0 Å². The van der Waals surface area contributed by atoms with E-state index in [-0.39, 0.29) is 18.8 Å². The van der Waals surface area contributed by atoms with Gasteiger partial charge in [0, 0.05) is 5.56 Å². The van der Waals surface area contributed by atoms with Gasteiger partial charge >= 0.3 is 5.97 Å². The minimum Gasteiger partial charge on any atom is -0.493 e. The molecule has 2 aromatic rings. The van der Waals surface area contributed by atoms with Gasteiger partial charge in [0.15, 0.2) is 17.3 Å². The molecule has 0 radical (unpaired) electrons. The molecule has 0 aromatic heterocycles. The molecule has 0 N–H and O–H groups in total. The average molecular weight is 328 g/mol. The van der Waals surface area contributed by atoms with Crippen molar-refractivity contribution < 1.29 is 23.8 Å². The van der Waals surface area contributed by atoms with Gasteiger partial charge < -0.3 is 14.2 Å². The van der Waals surface area contributed by atoms with Gasteiger partial charge in [0.05, 0.1) is 13.7 Å². The van der Waals surface area contributed by atoms with Crippen molar-refractivity contribution in [2.75, 3.05) is 13.7 Å². The molecule has 0 aliphatic carbocycles. The molecule has 0 bridgehead atoms. The lowest BCUT2D eigenvalue weighted by Crippen LogP contribution is -2.11. The van der Waals surface area contributed by atoms with E-state index < -0.39 is 5.97 Å². The fourth-order valence-electron chi connectivity index (χ4n) is 2.14. The number of ketones is 1. The van der Waals surface area contributed by atoms with Crippen LogP contribution in [0.15, 0.2) is 48.5 Å². The summed E-state index contributed by atoms with van der Waals surface area (Å²) in [5.74, 6) is 0.127. The Bertz CT molecular complexity index is 694. The number of ether oxygens (including phenoxy) is 3. The number of hydrogen-bond donors (Lipinski definition) is 0. The number of carbonyl (C=O) groups is 2. The molecule has 2 rings (SSSR count). The zero-order valence-electron chi connectivity index (χ0n) is 13.8. The summed E-state index contributed by atoms with van der Waals surface area (Å²) in [7, 11) is 1.50. The predicted molar refractivity (Wildman–Crippen MR) is 89.3 cm³/mol. The topological polar surface area (TPSA) is 61.8 Å². The first-order valence-corrected chi connectivity index (χ1v) is 7.67. The molecule has 0 aliphatic rings. The molecular weight excluding hydrogens is 308 g/mol. The smallest absolute Gasteiger partial charge is 0.313 e. The Morgan fingerprint density at radius 1 is 1.00 bits per heavy atom. The van der Waals surface area contributed by atoms with Gasteiger partial charge in [-0.05, 0) is 30.7 Å². The first-order chi connectivity index (χ1) is 11.6. The highest BCUT2D eigenvalue weighted by Crippen LogP contribution is 2.29. The first-order valence-electron chi connectivity index (χ1n) is 7.67. The maximum absolute atomic E-state index is 12.1. The van der Waals surface area contributed by atoms with Gasteiger partial charge in [0.25, 0.3) is 0 Å². The number of hydrogen-bond acceptors (Lipinski definition) is 5. The van der Waals surface area contributed by atoms with E-state index in [9.17, 15) is 9.59 Å². The largest absolute Gasteiger partial charge is 0.493 e. The van der Waals surface area contributed by atoms with E-state index in [0.717, 1.165) is 5.56 Å². The van der Waals surface area contributed by atoms with Crippen LogP contribution in [-0.2, 0) is 16.1 Å². The van der Waals surface area contributed by atoms with E-state index in [1.54, 1.807) is 25.1 Å². The molecule has 0 atom stereocenters. The SMILES string of the molecule is CCOC(=O)CC(=O)c1ccc(OCc2ccccc2)c(OC)c1. The Balaban J connectivity index is 2.06. The number of benzene rings is 2. The molecule has 0 saturated heterocycles. The van der Waals surface area contributed by atoms with Crippen LogP contribution in [0.1, 0.15) is 29.3 Å². The van der Waals surface area contributed by atoms with Crippen LogP contribution in [0.25, 0.3) is 0 Å². The van der Waals surface area contributed by atoms with Crippen LogP contribution in [-0.4, -0.2) is 25.5 Å². The fourth-order valence-corrected chi connectivity index (χ4v) is 2.14. The molecule has 0 fully saturated rings. The second-order valence-electron chi connectivity index (χ2n) is 5.04. The van der Waals surface area contributed by atoms with Crippen molar-refractivity contribution in [1.82, 2.24) is 0 Å². The number of esters is 1. The molecular formula is C19H20O5. The minimum atomic E-state index is -0.536. The Morgan fingerprint density at radius 3 is 2.42 bits per heavy atom. The van der Waals surface area contributed by atoms with Crippen LogP contribution in [0.4, 0.5) is 0 Å². The molecule has 2 aromatic carbocycles. The van der Waals surface area contributed by atoms with Crippen molar-refractivity contribution in [2.45, 2.75) is 20.0 Å². The summed E-state index contributed by atoms with van der Waals surface area (Å²) in [5.41, 5.74) is 1.41. The highest BCUT2D eigenvalue weighted by Gasteiger charge is 2.15. The van der Waals surface area contributed by atoms with Crippen LogP contribution < -0.4 is 9.47 Å². The van der Waals surface area contributed by atoms with Crippen molar-refractivity contribution in [3.8, 4) is 11.5 Å². The zero-order valence-corrected chi connectivity index (χ0v) is 13.8. The van der Waals surface area contributed by atoms with Crippen LogP contribution in [0.5, 0.6) is 11.5 Å². The van der Waals surface area contributed by atoms with Gasteiger partial charge in [0.1, 0.15) is 13.0 Å². The Labute approximate surface area is 141 Å². The maximum atomic E-state index is 12.1. The first kappa shape index (κ1) is 17.5. The lowest BCUT2D eigenvalue weighted by molar-refractivity contribution is -0.141. The van der Waals surface area contributed by atoms with E-state index >= 15 is 0 Å². The zero-order chi connectivity index (χ0) is 17.4. The van der Waals surface area contributed by atoms with Crippen molar-refractivity contribution in [3.05, 3.63) is 59.7 Å². The lowest BCUT2D eigenvalue weighted by atomic mass is 10.1. The third-order valence-electron chi connectivity index (χ3n) is 3.33. The molecule has 0 unspecified atom stereocenters. The monoisotopic (exact) mass is 328 g/mol. The second-order valence-corrected chi connectivity index (χ2v) is 5.04. The Morgan fingerprint density at radius 2 is 1.75 bits per heavy atom. The van der Waals surface area contributed by atoms with E-state index in [1.807, 2.05) is 30.3 Å². The molecule has 0 amide bonds. The lowest BCUT2D eigenvalue weighted by Gasteiger charge is -2.12. The van der Waals surface area contributed by atoms with Gasteiger partial charge in [-0.1, -0.05) is 30.3 Å². The summed E-state index contributed by atoms with van der Waals surface area (Å²) in [6.45, 7) is 2.35. The molecule has 24 heavy (non-hydrogen) atoms. The van der Waals surface area contributed by atoms with Crippen molar-refractivity contribution in [2.24, 2.45) is 0 Å². The Hall–Kier alpha value is -2.82. The number of carbonyl (C=O) groups excluding carboxylic acids is 2. The molecule has 5 nitrogen and oxygen atoms in total. The van der Waals surface area contributed by atoms with E-state index in [2.05, 4.69) is 0 Å². The van der Waals surface area contributed by atoms with E-state index in [4.69, 9.17) is 14.2 Å². The summed E-state index contributed by atoms with van der Waals surface area (Å²) >= 11 is 0. The van der Waals surface area contributed by atoms with Gasteiger partial charge in [0.2, 0.25) is 0 Å². The minimum absolute atomic E-state index is 0.252. The quantitative estimate of drug-likeness (QED) is 0.422. The van der Waals surface area contributed by atoms with Crippen LogP contribution in [0, 0.1) is 0 Å². The molecule has 0 aliphatic heterocycles. The standard InChI is InChI=1S/C19H20O5/c1-3-23-19(21)12-16(20)15-9-10-17(18(11-15)22-2)24-13-14-7-5-4-6-8-14/h4-11H,3,12-13H2,1-2H3. The van der Waals surface area contributed by atoms with Crippen LogP contribution in [0.3, 0.4) is 0 Å². The second kappa shape index (κ2) is 8.72. The fraction of sp³-hybridized carbons (Fsp3) is 0.263. The number of methoxy groups -OCH3 is 1. The number of Topliss-reactive ketones (excluding diaryl/α,β-unsaturated/α-hetero) is 1. The summed E-state index contributed by atoms with van der Waals surface area (Å²) in [6.07, 6.45) is -0.290. The van der Waals surface area contributed by atoms with Crippen molar-refractivity contribution >= 4 is 11.8 Å². The summed E-state index contributed by atoms with van der Waals surface area (Å²) in [4.78, 5) is 23.5. The van der Waals surface area contributed by atoms with Crippen molar-refractivity contribution in [3.63, 3.8) is 0 Å². The van der Waals surface area contributed by atoms with Crippen molar-refractivity contribution in [1.29, 1.82) is 0 Å². The third-order valence-corrected chi connectivity index (χ3v) is 3.33. The molecule has 0 spiro atoms. The Kier molecular flexibility index (Phi) is 6.37. The van der Waals surface area contributed by atoms with Gasteiger partial charge in [-0.3, -0.25) is 9.59 Å². The summed E-state index contributed by atoms with van der Waals surface area (Å²) in [6, 6.07) is 14.6. The molecule has 126 valence electrons. The summed E-state index contributed by atoms with van der Waals surface area (Å²) in [5, 5.41) is 0. The molecule has 5 heteroatoms. The molecule has 0 heterocycles.